The maximum Gasteiger partial charge on any atom is 0.410 e. The van der Waals surface area contributed by atoms with Crippen molar-refractivity contribution in [2.45, 2.75) is 6.54 Å². The van der Waals surface area contributed by atoms with Crippen LogP contribution in [0.5, 0.6) is 0 Å². The van der Waals surface area contributed by atoms with E-state index in [9.17, 15) is 9.59 Å². The summed E-state index contributed by atoms with van der Waals surface area (Å²) in [4.78, 5) is 23.1. The number of hydrogen-bond donors (Lipinski definition) is 1. The number of cyclic esters (lactones) is 1. The number of aromatic carboxylic acids is 1. The van der Waals surface area contributed by atoms with E-state index in [1.807, 2.05) is 0 Å². The Labute approximate surface area is 84.2 Å². The average molecular weight is 212 g/mol. The van der Waals surface area contributed by atoms with Gasteiger partial charge in [0.2, 0.25) is 0 Å². The molecule has 0 radical (unpaired) electrons. The Morgan fingerprint density at radius 2 is 2.47 bits per heavy atom. The van der Waals surface area contributed by atoms with Crippen molar-refractivity contribution in [1.29, 1.82) is 0 Å². The van der Waals surface area contributed by atoms with Crippen molar-refractivity contribution in [3.63, 3.8) is 0 Å². The molecule has 1 N–H and O–H groups in total. The van der Waals surface area contributed by atoms with Gasteiger partial charge in [0, 0.05) is 0 Å². The molecule has 0 aromatic carbocycles. The van der Waals surface area contributed by atoms with Crippen LogP contribution in [0.25, 0.3) is 0 Å². The first-order valence-electron chi connectivity index (χ1n) is 4.27. The lowest BCUT2D eigenvalue weighted by atomic mass is 10.2. The highest BCUT2D eigenvalue weighted by Gasteiger charge is 2.26. The van der Waals surface area contributed by atoms with Gasteiger partial charge in [0.05, 0.1) is 19.3 Å². The van der Waals surface area contributed by atoms with Crippen molar-refractivity contribution >= 4 is 12.1 Å². The molecule has 0 bridgehead atoms. The molecule has 0 unspecified atom stereocenters. The van der Waals surface area contributed by atoms with Gasteiger partial charge in [0.1, 0.15) is 12.2 Å². The van der Waals surface area contributed by atoms with Crippen molar-refractivity contribution in [3.05, 3.63) is 17.5 Å². The number of nitrogens with zero attached hydrogens (tertiary/aromatic N) is 2. The zero-order valence-electron chi connectivity index (χ0n) is 7.67. The van der Waals surface area contributed by atoms with Crippen LogP contribution in [0.1, 0.15) is 16.1 Å². The Morgan fingerprint density at radius 3 is 3.07 bits per heavy atom. The molecule has 2 heterocycles. The van der Waals surface area contributed by atoms with Gasteiger partial charge in [-0.15, -0.1) is 0 Å². The zero-order chi connectivity index (χ0) is 10.8. The van der Waals surface area contributed by atoms with E-state index in [0.717, 1.165) is 6.20 Å². The van der Waals surface area contributed by atoms with Crippen molar-refractivity contribution < 1.29 is 24.0 Å². The molecule has 15 heavy (non-hydrogen) atoms. The summed E-state index contributed by atoms with van der Waals surface area (Å²) >= 11 is 0. The minimum absolute atomic E-state index is 0.0327. The lowest BCUT2D eigenvalue weighted by Crippen LogP contribution is -2.24. The first kappa shape index (κ1) is 9.50. The van der Waals surface area contributed by atoms with Crippen LogP contribution in [0.15, 0.2) is 10.7 Å². The van der Waals surface area contributed by atoms with Crippen LogP contribution >= 0.6 is 0 Å². The third-order valence-corrected chi connectivity index (χ3v) is 2.05. The predicted molar refractivity (Wildman–Crippen MR) is 45.2 cm³/mol. The summed E-state index contributed by atoms with van der Waals surface area (Å²) in [6.45, 7) is 0.814. The zero-order valence-corrected chi connectivity index (χ0v) is 7.67. The summed E-state index contributed by atoms with van der Waals surface area (Å²) in [6.07, 6.45) is 0.641. The number of carboxylic acid groups (broad SMARTS) is 1. The summed E-state index contributed by atoms with van der Waals surface area (Å²) in [5.74, 6) is -0.972. The molecular weight excluding hydrogens is 204 g/mol. The van der Waals surface area contributed by atoms with Crippen LogP contribution < -0.4 is 0 Å². The highest BCUT2D eigenvalue weighted by molar-refractivity contribution is 5.88. The van der Waals surface area contributed by atoms with Gasteiger partial charge in [-0.3, -0.25) is 4.90 Å². The van der Waals surface area contributed by atoms with Gasteiger partial charge in [-0.1, -0.05) is 5.16 Å². The quantitative estimate of drug-likeness (QED) is 0.775. The molecule has 1 aliphatic heterocycles. The molecule has 80 valence electrons. The molecule has 1 aliphatic rings. The first-order valence-corrected chi connectivity index (χ1v) is 4.27. The molecular formula is C8H8N2O5. The van der Waals surface area contributed by atoms with E-state index in [0.29, 0.717) is 13.2 Å². The van der Waals surface area contributed by atoms with Crippen LogP contribution in [0, 0.1) is 0 Å². The number of carbonyl (C=O) groups excluding carboxylic acids is 1. The Balaban J connectivity index is 2.13. The normalized spacial score (nSPS) is 15.5. The van der Waals surface area contributed by atoms with E-state index in [1.165, 1.54) is 4.90 Å². The van der Waals surface area contributed by atoms with Crippen molar-refractivity contribution in [2.75, 3.05) is 13.2 Å². The molecule has 7 nitrogen and oxygen atoms in total. The minimum Gasteiger partial charge on any atom is -0.478 e. The second-order valence-electron chi connectivity index (χ2n) is 3.00. The number of amides is 1. The van der Waals surface area contributed by atoms with Gasteiger partial charge in [0.25, 0.3) is 0 Å². The van der Waals surface area contributed by atoms with Gasteiger partial charge in [-0.25, -0.2) is 9.59 Å². The number of rotatable bonds is 3. The summed E-state index contributed by atoms with van der Waals surface area (Å²) in [5, 5.41) is 12.1. The molecule has 2 rings (SSSR count). The fraction of sp³-hybridized carbons (Fsp3) is 0.375. The summed E-state index contributed by atoms with van der Waals surface area (Å²) in [5.41, 5.74) is -0.0327. The molecule has 0 saturated carbocycles. The van der Waals surface area contributed by atoms with Crippen LogP contribution in [0.3, 0.4) is 0 Å². The first-order chi connectivity index (χ1) is 7.18. The van der Waals surface area contributed by atoms with Crippen molar-refractivity contribution in [2.24, 2.45) is 0 Å². The fourth-order valence-corrected chi connectivity index (χ4v) is 1.30. The van der Waals surface area contributed by atoms with Crippen molar-refractivity contribution in [1.82, 2.24) is 10.1 Å². The second-order valence-corrected chi connectivity index (χ2v) is 3.00. The van der Waals surface area contributed by atoms with E-state index < -0.39 is 12.1 Å². The van der Waals surface area contributed by atoms with Gasteiger partial charge >= 0.3 is 12.1 Å². The molecule has 0 aliphatic carbocycles. The third kappa shape index (κ3) is 1.76. The molecule has 1 amide bonds. The molecule has 1 fully saturated rings. The van der Waals surface area contributed by atoms with Crippen LogP contribution in [0.4, 0.5) is 4.79 Å². The number of hydrogen-bond acceptors (Lipinski definition) is 5. The molecule has 1 saturated heterocycles. The van der Waals surface area contributed by atoms with E-state index in [4.69, 9.17) is 14.4 Å². The number of aromatic nitrogens is 1. The number of carbonyl (C=O) groups is 2. The van der Waals surface area contributed by atoms with Crippen LogP contribution in [0.2, 0.25) is 0 Å². The highest BCUT2D eigenvalue weighted by atomic mass is 16.6. The topological polar surface area (TPSA) is 92.9 Å². The lowest BCUT2D eigenvalue weighted by molar-refractivity contribution is 0.0692. The maximum atomic E-state index is 11.1. The maximum absolute atomic E-state index is 11.1. The second kappa shape index (κ2) is 3.60. The summed E-state index contributed by atoms with van der Waals surface area (Å²) in [6, 6.07) is 0. The Hall–Kier alpha value is -2.05. The van der Waals surface area contributed by atoms with Gasteiger partial charge in [0.15, 0.2) is 5.76 Å². The van der Waals surface area contributed by atoms with Crippen molar-refractivity contribution in [3.8, 4) is 0 Å². The average Bonchev–Trinajstić information content (AvgIpc) is 2.77. The smallest absolute Gasteiger partial charge is 0.410 e. The van der Waals surface area contributed by atoms with Gasteiger partial charge in [-0.05, 0) is 0 Å². The minimum atomic E-state index is -1.13. The fourth-order valence-electron chi connectivity index (χ4n) is 1.30. The summed E-state index contributed by atoms with van der Waals surface area (Å²) < 4.78 is 9.45. The Bertz CT molecular complexity index is 399. The SMILES string of the molecule is O=C(O)c1cnoc1CN1CCOC1=O. The Kier molecular flexibility index (Phi) is 2.28. The third-order valence-electron chi connectivity index (χ3n) is 2.05. The highest BCUT2D eigenvalue weighted by Crippen LogP contribution is 2.14. The molecule has 7 heteroatoms. The van der Waals surface area contributed by atoms with Gasteiger partial charge < -0.3 is 14.4 Å². The monoisotopic (exact) mass is 212 g/mol. The molecule has 0 spiro atoms. The lowest BCUT2D eigenvalue weighted by Gasteiger charge is -2.09. The van der Waals surface area contributed by atoms with Gasteiger partial charge in [-0.2, -0.15) is 0 Å². The van der Waals surface area contributed by atoms with E-state index in [2.05, 4.69) is 5.16 Å². The van der Waals surface area contributed by atoms with Crippen LogP contribution in [-0.4, -0.2) is 40.4 Å². The molecule has 1 aromatic heterocycles. The van der Waals surface area contributed by atoms with E-state index in [1.54, 1.807) is 0 Å². The van der Waals surface area contributed by atoms with E-state index in [-0.39, 0.29) is 17.9 Å². The predicted octanol–water partition coefficient (Wildman–Crippen LogP) is 0.325. The number of ether oxygens (including phenoxy) is 1. The van der Waals surface area contributed by atoms with Crippen LogP contribution in [-0.2, 0) is 11.3 Å². The molecule has 0 atom stereocenters. The standard InChI is InChI=1S/C8H8N2O5/c11-7(12)5-3-9-15-6(5)4-10-1-2-14-8(10)13/h3H,1-2,4H2,(H,11,12). The molecule has 1 aromatic rings. The number of carboxylic acids is 1. The Morgan fingerprint density at radius 1 is 1.67 bits per heavy atom. The largest absolute Gasteiger partial charge is 0.478 e. The summed E-state index contributed by atoms with van der Waals surface area (Å²) in [7, 11) is 0. The van der Waals surface area contributed by atoms with E-state index >= 15 is 0 Å².